The van der Waals surface area contributed by atoms with Gasteiger partial charge in [-0.2, -0.15) is 13.2 Å². The molecular formula is C20H22F4. The highest BCUT2D eigenvalue weighted by Crippen LogP contribution is 2.39. The van der Waals surface area contributed by atoms with E-state index in [2.05, 4.69) is 13.8 Å². The Morgan fingerprint density at radius 1 is 1.00 bits per heavy atom. The molecule has 0 aliphatic carbocycles. The van der Waals surface area contributed by atoms with E-state index in [4.69, 9.17) is 0 Å². The third-order valence-corrected chi connectivity index (χ3v) is 4.46. The molecule has 0 nitrogen and oxygen atoms in total. The standard InChI is InChI=1S/C20H22F4/c1-4-13(3)11-15-9-10-16(12-14(15)5-2)19-17(20(22,23)24)7-6-8-18(19)21/h6-10,12-13H,4-5,11H2,1-3H3. The minimum Gasteiger partial charge on any atom is -0.206 e. The predicted molar refractivity (Wildman–Crippen MR) is 89.4 cm³/mol. The van der Waals surface area contributed by atoms with E-state index in [0.717, 1.165) is 42.2 Å². The van der Waals surface area contributed by atoms with Crippen molar-refractivity contribution in [3.63, 3.8) is 0 Å². The first-order valence-corrected chi connectivity index (χ1v) is 8.25. The Labute approximate surface area is 140 Å². The summed E-state index contributed by atoms with van der Waals surface area (Å²) in [5.74, 6) is -0.345. The second-order valence-electron chi connectivity index (χ2n) is 6.21. The van der Waals surface area contributed by atoms with Gasteiger partial charge in [-0.1, -0.05) is 51.5 Å². The molecule has 0 amide bonds. The van der Waals surface area contributed by atoms with E-state index in [1.165, 1.54) is 0 Å². The maximum absolute atomic E-state index is 14.2. The monoisotopic (exact) mass is 338 g/mol. The molecule has 0 N–H and O–H groups in total. The van der Waals surface area contributed by atoms with Crippen LogP contribution in [0.2, 0.25) is 0 Å². The molecule has 0 bridgehead atoms. The molecule has 2 rings (SSSR count). The van der Waals surface area contributed by atoms with Gasteiger partial charge in [-0.15, -0.1) is 0 Å². The predicted octanol–water partition coefficient (Wildman–Crippen LogP) is 6.66. The van der Waals surface area contributed by atoms with Gasteiger partial charge >= 0.3 is 6.18 Å². The van der Waals surface area contributed by atoms with E-state index >= 15 is 0 Å². The van der Waals surface area contributed by atoms with Gasteiger partial charge in [-0.05, 0) is 47.6 Å². The summed E-state index contributed by atoms with van der Waals surface area (Å²) in [6, 6.07) is 8.24. The van der Waals surface area contributed by atoms with Gasteiger partial charge in [-0.25, -0.2) is 4.39 Å². The molecule has 0 saturated heterocycles. The fourth-order valence-corrected chi connectivity index (χ4v) is 2.88. The smallest absolute Gasteiger partial charge is 0.206 e. The van der Waals surface area contributed by atoms with Crippen LogP contribution in [0.4, 0.5) is 17.6 Å². The number of hydrogen-bond donors (Lipinski definition) is 0. The van der Waals surface area contributed by atoms with Crippen LogP contribution in [0.25, 0.3) is 11.1 Å². The summed E-state index contributed by atoms with van der Waals surface area (Å²) >= 11 is 0. The van der Waals surface area contributed by atoms with E-state index in [9.17, 15) is 17.6 Å². The lowest BCUT2D eigenvalue weighted by molar-refractivity contribution is -0.137. The van der Waals surface area contributed by atoms with E-state index in [1.54, 1.807) is 12.1 Å². The Hall–Kier alpha value is -1.84. The van der Waals surface area contributed by atoms with E-state index in [-0.39, 0.29) is 11.1 Å². The number of halogens is 4. The van der Waals surface area contributed by atoms with Crippen LogP contribution in [-0.2, 0) is 19.0 Å². The lowest BCUT2D eigenvalue weighted by atomic mass is 9.90. The van der Waals surface area contributed by atoms with Gasteiger partial charge in [0.1, 0.15) is 5.82 Å². The minimum absolute atomic E-state index is 0.283. The summed E-state index contributed by atoms with van der Waals surface area (Å²) in [7, 11) is 0. The Balaban J connectivity index is 2.55. The van der Waals surface area contributed by atoms with Gasteiger partial charge in [0.25, 0.3) is 0 Å². The van der Waals surface area contributed by atoms with Crippen molar-refractivity contribution in [3.05, 3.63) is 58.9 Å². The average molecular weight is 338 g/mol. The van der Waals surface area contributed by atoms with Gasteiger partial charge in [0, 0.05) is 5.56 Å². The molecule has 0 fully saturated rings. The second kappa shape index (κ2) is 7.37. The molecular weight excluding hydrogens is 316 g/mol. The van der Waals surface area contributed by atoms with Crippen molar-refractivity contribution in [2.24, 2.45) is 5.92 Å². The molecule has 0 saturated carbocycles. The number of rotatable bonds is 5. The molecule has 24 heavy (non-hydrogen) atoms. The molecule has 1 unspecified atom stereocenters. The fraction of sp³-hybridized carbons (Fsp3) is 0.400. The zero-order chi connectivity index (χ0) is 17.9. The van der Waals surface area contributed by atoms with Gasteiger partial charge < -0.3 is 0 Å². The molecule has 0 heterocycles. The Morgan fingerprint density at radius 2 is 1.71 bits per heavy atom. The summed E-state index contributed by atoms with van der Waals surface area (Å²) < 4.78 is 53.8. The molecule has 2 aromatic rings. The van der Waals surface area contributed by atoms with Crippen LogP contribution >= 0.6 is 0 Å². The molecule has 0 aromatic heterocycles. The average Bonchev–Trinajstić information content (AvgIpc) is 2.54. The molecule has 0 aliphatic rings. The van der Waals surface area contributed by atoms with Gasteiger partial charge in [0.05, 0.1) is 5.56 Å². The molecule has 2 aromatic carbocycles. The number of hydrogen-bond acceptors (Lipinski definition) is 0. The van der Waals surface area contributed by atoms with Crippen LogP contribution in [0.1, 0.15) is 43.9 Å². The maximum Gasteiger partial charge on any atom is 0.417 e. The van der Waals surface area contributed by atoms with Crippen molar-refractivity contribution in [2.75, 3.05) is 0 Å². The van der Waals surface area contributed by atoms with Crippen LogP contribution < -0.4 is 0 Å². The summed E-state index contributed by atoms with van der Waals surface area (Å²) in [4.78, 5) is 0. The van der Waals surface area contributed by atoms with Gasteiger partial charge in [-0.3, -0.25) is 0 Å². The largest absolute Gasteiger partial charge is 0.417 e. The van der Waals surface area contributed by atoms with Crippen LogP contribution in [0, 0.1) is 11.7 Å². The summed E-state index contributed by atoms with van der Waals surface area (Å²) in [6.45, 7) is 6.22. The SMILES string of the molecule is CCc1cc(-c2c(F)cccc2C(F)(F)F)ccc1CC(C)CC. The van der Waals surface area contributed by atoms with Crippen molar-refractivity contribution in [1.82, 2.24) is 0 Å². The Morgan fingerprint density at radius 3 is 2.29 bits per heavy atom. The molecule has 130 valence electrons. The third kappa shape index (κ3) is 3.97. The van der Waals surface area contributed by atoms with Crippen molar-refractivity contribution in [3.8, 4) is 11.1 Å². The molecule has 0 radical (unpaired) electrons. The fourth-order valence-electron chi connectivity index (χ4n) is 2.88. The van der Waals surface area contributed by atoms with Crippen molar-refractivity contribution in [2.45, 2.75) is 46.2 Å². The van der Waals surface area contributed by atoms with Crippen molar-refractivity contribution in [1.29, 1.82) is 0 Å². The highest BCUT2D eigenvalue weighted by molar-refractivity contribution is 5.70. The number of alkyl halides is 3. The van der Waals surface area contributed by atoms with Crippen molar-refractivity contribution < 1.29 is 17.6 Å². The van der Waals surface area contributed by atoms with Crippen LogP contribution in [0.15, 0.2) is 36.4 Å². The molecule has 1 atom stereocenters. The molecule has 4 heteroatoms. The zero-order valence-corrected chi connectivity index (χ0v) is 14.2. The van der Waals surface area contributed by atoms with Crippen LogP contribution in [0.3, 0.4) is 0 Å². The van der Waals surface area contributed by atoms with Gasteiger partial charge in [0.15, 0.2) is 0 Å². The number of benzene rings is 2. The molecule has 0 aliphatic heterocycles. The lowest BCUT2D eigenvalue weighted by Gasteiger charge is -2.17. The zero-order valence-electron chi connectivity index (χ0n) is 14.2. The van der Waals surface area contributed by atoms with E-state index in [0.29, 0.717) is 12.3 Å². The highest BCUT2D eigenvalue weighted by atomic mass is 19.4. The topological polar surface area (TPSA) is 0 Å². The third-order valence-electron chi connectivity index (χ3n) is 4.46. The van der Waals surface area contributed by atoms with Crippen LogP contribution in [0.5, 0.6) is 0 Å². The first-order chi connectivity index (χ1) is 11.3. The lowest BCUT2D eigenvalue weighted by Crippen LogP contribution is -2.09. The minimum atomic E-state index is -4.58. The highest BCUT2D eigenvalue weighted by Gasteiger charge is 2.35. The van der Waals surface area contributed by atoms with E-state index in [1.807, 2.05) is 13.0 Å². The molecule has 0 spiro atoms. The summed E-state index contributed by atoms with van der Waals surface area (Å²) in [5.41, 5.74) is 1.09. The first kappa shape index (κ1) is 18.5. The summed E-state index contributed by atoms with van der Waals surface area (Å²) in [5, 5.41) is 0. The van der Waals surface area contributed by atoms with Gasteiger partial charge in [0.2, 0.25) is 0 Å². The quantitative estimate of drug-likeness (QED) is 0.535. The first-order valence-electron chi connectivity index (χ1n) is 8.25. The van der Waals surface area contributed by atoms with Crippen molar-refractivity contribution >= 4 is 0 Å². The summed E-state index contributed by atoms with van der Waals surface area (Å²) in [6.07, 6.45) is -1.96. The maximum atomic E-state index is 14.2. The van der Waals surface area contributed by atoms with Crippen LogP contribution in [-0.4, -0.2) is 0 Å². The van der Waals surface area contributed by atoms with E-state index < -0.39 is 17.6 Å². The second-order valence-corrected chi connectivity index (χ2v) is 6.21. The Kier molecular flexibility index (Phi) is 5.68. The number of aryl methyl sites for hydroxylation is 1. The normalized spacial score (nSPS) is 13.1. The Bertz CT molecular complexity index is 701.